The van der Waals surface area contributed by atoms with Crippen molar-refractivity contribution in [3.8, 4) is 11.5 Å². The molecule has 4 rings (SSSR count). The predicted octanol–water partition coefficient (Wildman–Crippen LogP) is 5.04. The van der Waals surface area contributed by atoms with Crippen molar-refractivity contribution in [3.05, 3.63) is 120 Å². The first-order valence-electron chi connectivity index (χ1n) is 11.0. The molecule has 1 amide bonds. The van der Waals surface area contributed by atoms with Crippen molar-refractivity contribution in [2.24, 2.45) is 0 Å². The van der Waals surface area contributed by atoms with E-state index in [-0.39, 0.29) is 35.8 Å². The molecule has 0 saturated carbocycles. The SMILES string of the molecule is C=C1C=COC1N(C)C(=O)c1cc(C(=O)O)c(OCc2ccccc2)cc1OCc1ccccc1. The van der Waals surface area contributed by atoms with Crippen LogP contribution in [0.2, 0.25) is 0 Å². The number of ether oxygens (including phenoxy) is 3. The molecule has 7 nitrogen and oxygen atoms in total. The van der Waals surface area contributed by atoms with E-state index in [2.05, 4.69) is 6.58 Å². The van der Waals surface area contributed by atoms with Crippen LogP contribution in [0.5, 0.6) is 11.5 Å². The van der Waals surface area contributed by atoms with E-state index in [1.807, 2.05) is 60.7 Å². The zero-order chi connectivity index (χ0) is 24.8. The molecule has 0 aromatic heterocycles. The fourth-order valence-corrected chi connectivity index (χ4v) is 3.61. The number of rotatable bonds is 9. The highest BCUT2D eigenvalue weighted by molar-refractivity contribution is 6.01. The van der Waals surface area contributed by atoms with Gasteiger partial charge in [0.05, 0.1) is 11.8 Å². The molecule has 1 heterocycles. The van der Waals surface area contributed by atoms with Crippen molar-refractivity contribution in [3.63, 3.8) is 0 Å². The van der Waals surface area contributed by atoms with Gasteiger partial charge in [-0.15, -0.1) is 0 Å². The molecule has 3 aromatic rings. The maximum Gasteiger partial charge on any atom is 0.339 e. The zero-order valence-electron chi connectivity index (χ0n) is 19.2. The highest BCUT2D eigenvalue weighted by atomic mass is 16.5. The number of hydrogen-bond donors (Lipinski definition) is 1. The second-order valence-electron chi connectivity index (χ2n) is 7.98. The Morgan fingerprint density at radius 3 is 1.94 bits per heavy atom. The molecule has 0 saturated heterocycles. The summed E-state index contributed by atoms with van der Waals surface area (Å²) in [5.74, 6) is -1.38. The van der Waals surface area contributed by atoms with Gasteiger partial charge in [-0.2, -0.15) is 0 Å². The molecular formula is C28H25NO6. The number of carboxylic acid groups (broad SMARTS) is 1. The average Bonchev–Trinajstić information content (AvgIpc) is 3.32. The van der Waals surface area contributed by atoms with Crippen LogP contribution in [-0.2, 0) is 18.0 Å². The van der Waals surface area contributed by atoms with Gasteiger partial charge in [0, 0.05) is 18.7 Å². The van der Waals surface area contributed by atoms with Crippen molar-refractivity contribution in [2.45, 2.75) is 19.4 Å². The van der Waals surface area contributed by atoms with Gasteiger partial charge in [0.15, 0.2) is 6.23 Å². The molecule has 1 unspecified atom stereocenters. The quantitative estimate of drug-likeness (QED) is 0.471. The van der Waals surface area contributed by atoms with Crippen molar-refractivity contribution in [2.75, 3.05) is 7.05 Å². The second kappa shape index (κ2) is 10.6. The normalized spacial score (nSPS) is 14.3. The summed E-state index contributed by atoms with van der Waals surface area (Å²) in [5.41, 5.74) is 2.31. The summed E-state index contributed by atoms with van der Waals surface area (Å²) in [5, 5.41) is 9.87. The van der Waals surface area contributed by atoms with Gasteiger partial charge in [0.1, 0.15) is 30.3 Å². The van der Waals surface area contributed by atoms with E-state index in [9.17, 15) is 14.7 Å². The lowest BCUT2D eigenvalue weighted by Crippen LogP contribution is -2.37. The van der Waals surface area contributed by atoms with Gasteiger partial charge in [0.2, 0.25) is 0 Å². The van der Waals surface area contributed by atoms with Crippen molar-refractivity contribution in [1.29, 1.82) is 0 Å². The summed E-state index contributed by atoms with van der Waals surface area (Å²) < 4.78 is 17.3. The third-order valence-electron chi connectivity index (χ3n) is 5.50. The molecule has 1 N–H and O–H groups in total. The van der Waals surface area contributed by atoms with Crippen LogP contribution in [0.3, 0.4) is 0 Å². The molecule has 35 heavy (non-hydrogen) atoms. The van der Waals surface area contributed by atoms with Crippen molar-refractivity contribution < 1.29 is 28.9 Å². The highest BCUT2D eigenvalue weighted by Crippen LogP contribution is 2.33. The number of carboxylic acids is 1. The predicted molar refractivity (Wildman–Crippen MR) is 130 cm³/mol. The number of amides is 1. The Labute approximate surface area is 203 Å². The fourth-order valence-electron chi connectivity index (χ4n) is 3.61. The molecular weight excluding hydrogens is 446 g/mol. The molecule has 0 spiro atoms. The smallest absolute Gasteiger partial charge is 0.339 e. The maximum absolute atomic E-state index is 13.4. The zero-order valence-corrected chi connectivity index (χ0v) is 19.2. The first kappa shape index (κ1) is 23.6. The largest absolute Gasteiger partial charge is 0.488 e. The van der Waals surface area contributed by atoms with E-state index >= 15 is 0 Å². The van der Waals surface area contributed by atoms with Gasteiger partial charge in [-0.1, -0.05) is 67.2 Å². The molecule has 7 heteroatoms. The van der Waals surface area contributed by atoms with E-state index in [1.54, 1.807) is 13.1 Å². The van der Waals surface area contributed by atoms with E-state index in [1.165, 1.54) is 23.3 Å². The Hall–Kier alpha value is -4.52. The minimum Gasteiger partial charge on any atom is -0.488 e. The minimum absolute atomic E-state index is 0.0798. The molecule has 0 bridgehead atoms. The fraction of sp³-hybridized carbons (Fsp3) is 0.143. The summed E-state index contributed by atoms with van der Waals surface area (Å²) in [6.45, 7) is 4.24. The monoisotopic (exact) mass is 471 g/mol. The number of benzene rings is 3. The molecule has 3 aromatic carbocycles. The standard InChI is InChI=1S/C28H25NO6/c1-19-13-14-33-27(19)29(2)26(30)22-15-23(28(31)32)25(35-18-21-11-7-4-8-12-21)16-24(22)34-17-20-9-5-3-6-10-20/h3-16,27H,1,17-18H2,2H3,(H,31,32). The van der Waals surface area contributed by atoms with Gasteiger partial charge in [0.25, 0.3) is 5.91 Å². The molecule has 1 aliphatic heterocycles. The number of likely N-dealkylation sites (N-methyl/N-ethyl adjacent to an activating group) is 1. The summed E-state index contributed by atoms with van der Waals surface area (Å²) >= 11 is 0. The van der Waals surface area contributed by atoms with Crippen LogP contribution in [-0.4, -0.2) is 35.2 Å². The topological polar surface area (TPSA) is 85.3 Å². The van der Waals surface area contributed by atoms with Gasteiger partial charge in [-0.25, -0.2) is 4.79 Å². The molecule has 178 valence electrons. The summed E-state index contributed by atoms with van der Waals surface area (Å²) in [4.78, 5) is 26.9. The Bertz CT molecular complexity index is 1250. The van der Waals surface area contributed by atoms with Crippen molar-refractivity contribution in [1.82, 2.24) is 4.90 Å². The number of hydrogen-bond acceptors (Lipinski definition) is 5. The van der Waals surface area contributed by atoms with Crippen LogP contribution in [0.1, 0.15) is 31.8 Å². The van der Waals surface area contributed by atoms with Crippen LogP contribution in [0.4, 0.5) is 0 Å². The molecule has 1 atom stereocenters. The van der Waals surface area contributed by atoms with E-state index in [4.69, 9.17) is 14.2 Å². The Balaban J connectivity index is 1.69. The molecule has 0 radical (unpaired) electrons. The van der Waals surface area contributed by atoms with Crippen LogP contribution in [0.15, 0.2) is 97.3 Å². The van der Waals surface area contributed by atoms with Gasteiger partial charge < -0.3 is 24.2 Å². The Kier molecular flexibility index (Phi) is 7.16. The first-order chi connectivity index (χ1) is 16.9. The highest BCUT2D eigenvalue weighted by Gasteiger charge is 2.30. The van der Waals surface area contributed by atoms with Gasteiger partial charge >= 0.3 is 5.97 Å². The second-order valence-corrected chi connectivity index (χ2v) is 7.98. The first-order valence-corrected chi connectivity index (χ1v) is 11.0. The lowest BCUT2D eigenvalue weighted by molar-refractivity contribution is 0.0361. The molecule has 0 fully saturated rings. The Morgan fingerprint density at radius 2 is 1.46 bits per heavy atom. The lowest BCUT2D eigenvalue weighted by atomic mass is 10.1. The van der Waals surface area contributed by atoms with Crippen LogP contribution in [0, 0.1) is 0 Å². The summed E-state index contributed by atoms with van der Waals surface area (Å²) in [6, 6.07) is 21.6. The maximum atomic E-state index is 13.4. The van der Waals surface area contributed by atoms with Crippen LogP contribution in [0.25, 0.3) is 0 Å². The minimum atomic E-state index is -1.22. The van der Waals surface area contributed by atoms with Crippen LogP contribution < -0.4 is 9.47 Å². The summed E-state index contributed by atoms with van der Waals surface area (Å²) in [6.07, 6.45) is 2.45. The summed E-state index contributed by atoms with van der Waals surface area (Å²) in [7, 11) is 1.56. The van der Waals surface area contributed by atoms with E-state index in [0.29, 0.717) is 5.57 Å². The third kappa shape index (κ3) is 5.52. The molecule has 0 aliphatic carbocycles. The number of carbonyl (C=O) groups excluding carboxylic acids is 1. The lowest BCUT2D eigenvalue weighted by Gasteiger charge is -2.26. The number of aromatic carboxylic acids is 1. The number of carbonyl (C=O) groups is 2. The number of nitrogens with zero attached hydrogens (tertiary/aromatic N) is 1. The van der Waals surface area contributed by atoms with Crippen LogP contribution >= 0.6 is 0 Å². The van der Waals surface area contributed by atoms with E-state index < -0.39 is 18.1 Å². The van der Waals surface area contributed by atoms with Crippen molar-refractivity contribution >= 4 is 11.9 Å². The van der Waals surface area contributed by atoms with Gasteiger partial charge in [-0.3, -0.25) is 4.79 Å². The van der Waals surface area contributed by atoms with E-state index in [0.717, 1.165) is 11.1 Å². The third-order valence-corrected chi connectivity index (χ3v) is 5.50. The average molecular weight is 472 g/mol. The molecule has 1 aliphatic rings. The Morgan fingerprint density at radius 1 is 0.914 bits per heavy atom. The van der Waals surface area contributed by atoms with Gasteiger partial charge in [-0.05, 0) is 23.3 Å².